The summed E-state index contributed by atoms with van der Waals surface area (Å²) in [4.78, 5) is 13.8. The van der Waals surface area contributed by atoms with Crippen LogP contribution in [-0.2, 0) is 14.8 Å². The molecule has 0 spiro atoms. The van der Waals surface area contributed by atoms with E-state index in [0.29, 0.717) is 48.7 Å². The molecular formula is C25H32F2N8O3S2. The second-order valence-corrected chi connectivity index (χ2v) is 14.0. The lowest BCUT2D eigenvalue weighted by atomic mass is 10.1. The summed E-state index contributed by atoms with van der Waals surface area (Å²) in [5.41, 5.74) is 7.05. The molecule has 1 aliphatic carbocycles. The van der Waals surface area contributed by atoms with Gasteiger partial charge in [0.2, 0.25) is 16.0 Å². The molecule has 2 aromatic heterocycles. The van der Waals surface area contributed by atoms with E-state index in [1.807, 2.05) is 25.7 Å². The van der Waals surface area contributed by atoms with Crippen molar-refractivity contribution in [2.45, 2.75) is 75.1 Å². The van der Waals surface area contributed by atoms with Gasteiger partial charge in [-0.05, 0) is 52.2 Å². The number of fused-ring (bicyclic) bond motifs is 1. The third-order valence-corrected chi connectivity index (χ3v) is 10.1. The molecule has 3 fully saturated rings. The van der Waals surface area contributed by atoms with Gasteiger partial charge in [-0.1, -0.05) is 11.3 Å². The highest BCUT2D eigenvalue weighted by Gasteiger charge is 2.42. The van der Waals surface area contributed by atoms with Crippen molar-refractivity contribution in [3.8, 4) is 10.7 Å². The van der Waals surface area contributed by atoms with Gasteiger partial charge in [0, 0.05) is 43.1 Å². The maximum absolute atomic E-state index is 13.6. The van der Waals surface area contributed by atoms with Crippen LogP contribution in [0.2, 0.25) is 0 Å². The molecule has 3 N–H and O–H groups in total. The fraction of sp³-hybridized carbons (Fsp3) is 0.600. The zero-order chi connectivity index (χ0) is 28.4. The molecule has 0 radical (unpaired) electrons. The molecule has 3 atom stereocenters. The SMILES string of the molecule is C[C@H]1CN(c2cc(S(=O)(=O)NC3(C)CC3)cc3c(-c4nnc(C(F)F)s4)nc(N4CC[C@H](N)C4)nc23)C[C@H](C)O1. The summed E-state index contributed by atoms with van der Waals surface area (Å²) in [6.45, 7) is 8.01. The number of halogens is 2. The number of anilines is 2. The molecule has 6 rings (SSSR count). The van der Waals surface area contributed by atoms with Crippen molar-refractivity contribution >= 4 is 43.9 Å². The average Bonchev–Trinajstić information content (AvgIpc) is 3.25. The van der Waals surface area contributed by atoms with Crippen molar-refractivity contribution in [3.63, 3.8) is 0 Å². The second-order valence-electron chi connectivity index (χ2n) is 11.3. The Kier molecular flexibility index (Phi) is 6.93. The zero-order valence-electron chi connectivity index (χ0n) is 22.5. The highest BCUT2D eigenvalue weighted by atomic mass is 32.2. The van der Waals surface area contributed by atoms with E-state index in [9.17, 15) is 17.2 Å². The first-order valence-corrected chi connectivity index (χ1v) is 15.6. The zero-order valence-corrected chi connectivity index (χ0v) is 24.1. The Morgan fingerprint density at radius 1 is 1.12 bits per heavy atom. The van der Waals surface area contributed by atoms with Crippen LogP contribution in [0.1, 0.15) is 51.5 Å². The van der Waals surface area contributed by atoms with Crippen LogP contribution < -0.4 is 20.3 Å². The number of hydrogen-bond acceptors (Lipinski definition) is 11. The van der Waals surface area contributed by atoms with Crippen molar-refractivity contribution in [2.75, 3.05) is 36.0 Å². The molecule has 1 saturated carbocycles. The Balaban J connectivity index is 1.60. The molecule has 40 heavy (non-hydrogen) atoms. The molecule has 2 aliphatic heterocycles. The van der Waals surface area contributed by atoms with Gasteiger partial charge in [-0.2, -0.15) is 0 Å². The molecule has 2 saturated heterocycles. The summed E-state index contributed by atoms with van der Waals surface area (Å²) in [6.07, 6.45) is -0.725. The van der Waals surface area contributed by atoms with Gasteiger partial charge >= 0.3 is 0 Å². The van der Waals surface area contributed by atoms with Gasteiger partial charge in [0.15, 0.2) is 10.0 Å². The van der Waals surface area contributed by atoms with Crippen LogP contribution in [0.4, 0.5) is 20.4 Å². The van der Waals surface area contributed by atoms with E-state index in [2.05, 4.69) is 19.8 Å². The second kappa shape index (κ2) is 10.0. The first-order valence-electron chi connectivity index (χ1n) is 13.3. The number of benzene rings is 1. The predicted octanol–water partition coefficient (Wildman–Crippen LogP) is 3.07. The summed E-state index contributed by atoms with van der Waals surface area (Å²) in [5, 5.41) is 7.82. The van der Waals surface area contributed by atoms with Crippen LogP contribution in [0.3, 0.4) is 0 Å². The highest BCUT2D eigenvalue weighted by Crippen LogP contribution is 2.41. The number of hydrogen-bond donors (Lipinski definition) is 2. The Morgan fingerprint density at radius 2 is 1.85 bits per heavy atom. The topological polar surface area (TPSA) is 139 Å². The van der Waals surface area contributed by atoms with Gasteiger partial charge in [0.1, 0.15) is 5.69 Å². The summed E-state index contributed by atoms with van der Waals surface area (Å²) < 4.78 is 62.9. The Labute approximate surface area is 235 Å². The quantitative estimate of drug-likeness (QED) is 0.420. The van der Waals surface area contributed by atoms with Crippen molar-refractivity contribution in [1.82, 2.24) is 24.9 Å². The van der Waals surface area contributed by atoms with Crippen LogP contribution >= 0.6 is 11.3 Å². The molecule has 4 heterocycles. The summed E-state index contributed by atoms with van der Waals surface area (Å²) >= 11 is 0.732. The monoisotopic (exact) mass is 594 g/mol. The Morgan fingerprint density at radius 3 is 2.45 bits per heavy atom. The number of alkyl halides is 2. The number of nitrogens with two attached hydrogens (primary N) is 1. The Bertz CT molecular complexity index is 1540. The standard InChI is InChI=1S/C25H32F2N8O3S2/c1-13-10-35(11-14(2)38-13)18-9-16(40(36,37)33-25(3)5-6-25)8-17-19(18)29-24(34-7-4-15(28)12-34)30-20(17)22-31-32-23(39-22)21(26)27/h8-9,13-15,21,33H,4-7,10-12,28H2,1-3H3/t13-,14-,15-/m0/s1. The van der Waals surface area contributed by atoms with Crippen molar-refractivity contribution < 1.29 is 21.9 Å². The van der Waals surface area contributed by atoms with Gasteiger partial charge in [0.05, 0.1) is 28.3 Å². The van der Waals surface area contributed by atoms with Crippen LogP contribution in [0, 0.1) is 0 Å². The number of morpholine rings is 1. The van der Waals surface area contributed by atoms with Crippen molar-refractivity contribution in [3.05, 3.63) is 17.1 Å². The van der Waals surface area contributed by atoms with E-state index in [4.69, 9.17) is 20.4 Å². The van der Waals surface area contributed by atoms with E-state index in [1.165, 1.54) is 6.07 Å². The van der Waals surface area contributed by atoms with E-state index >= 15 is 0 Å². The summed E-state index contributed by atoms with van der Waals surface area (Å²) in [6, 6.07) is 3.11. The van der Waals surface area contributed by atoms with E-state index in [-0.39, 0.29) is 33.8 Å². The van der Waals surface area contributed by atoms with E-state index < -0.39 is 27.0 Å². The molecule has 0 bridgehead atoms. The lowest BCUT2D eigenvalue weighted by molar-refractivity contribution is -0.00515. The largest absolute Gasteiger partial charge is 0.372 e. The van der Waals surface area contributed by atoms with Crippen molar-refractivity contribution in [1.29, 1.82) is 0 Å². The third kappa shape index (κ3) is 5.36. The number of nitrogens with zero attached hydrogens (tertiary/aromatic N) is 6. The highest BCUT2D eigenvalue weighted by molar-refractivity contribution is 7.89. The lowest BCUT2D eigenvalue weighted by Crippen LogP contribution is -2.45. The molecule has 11 nitrogen and oxygen atoms in total. The maximum Gasteiger partial charge on any atom is 0.291 e. The minimum absolute atomic E-state index is 0.0440. The van der Waals surface area contributed by atoms with Crippen LogP contribution in [0.15, 0.2) is 17.0 Å². The number of rotatable bonds is 7. The molecule has 216 valence electrons. The van der Waals surface area contributed by atoms with E-state index in [0.717, 1.165) is 30.6 Å². The van der Waals surface area contributed by atoms with Crippen LogP contribution in [-0.4, -0.2) is 78.6 Å². The number of ether oxygens (including phenoxy) is 1. The van der Waals surface area contributed by atoms with Crippen LogP contribution in [0.25, 0.3) is 21.6 Å². The predicted molar refractivity (Wildman–Crippen MR) is 148 cm³/mol. The van der Waals surface area contributed by atoms with Gasteiger partial charge in [-0.3, -0.25) is 0 Å². The minimum Gasteiger partial charge on any atom is -0.372 e. The molecule has 3 aromatic rings. The van der Waals surface area contributed by atoms with E-state index in [1.54, 1.807) is 6.07 Å². The first-order chi connectivity index (χ1) is 18.9. The van der Waals surface area contributed by atoms with Crippen molar-refractivity contribution in [2.24, 2.45) is 5.73 Å². The first kappa shape index (κ1) is 27.6. The smallest absolute Gasteiger partial charge is 0.291 e. The summed E-state index contributed by atoms with van der Waals surface area (Å²) in [7, 11) is -3.92. The molecule has 0 amide bonds. The molecule has 3 aliphatic rings. The van der Waals surface area contributed by atoms with Gasteiger partial charge in [-0.15, -0.1) is 10.2 Å². The fourth-order valence-corrected chi connectivity index (χ4v) is 7.53. The number of aromatic nitrogens is 4. The third-order valence-electron chi connectivity index (χ3n) is 7.53. The van der Waals surface area contributed by atoms with Crippen LogP contribution in [0.5, 0.6) is 0 Å². The minimum atomic E-state index is -3.92. The Hall–Kier alpha value is -2.59. The average molecular weight is 595 g/mol. The van der Waals surface area contributed by atoms with Gasteiger partial charge in [-0.25, -0.2) is 31.9 Å². The molecule has 0 unspecified atom stereocenters. The normalized spacial score (nSPS) is 24.8. The number of nitrogens with one attached hydrogen (secondary N) is 1. The lowest BCUT2D eigenvalue weighted by Gasteiger charge is -2.37. The molecular weight excluding hydrogens is 562 g/mol. The van der Waals surface area contributed by atoms with Gasteiger partial charge < -0.3 is 20.3 Å². The summed E-state index contributed by atoms with van der Waals surface area (Å²) in [5.74, 6) is 0.388. The van der Waals surface area contributed by atoms with Gasteiger partial charge in [0.25, 0.3) is 6.43 Å². The molecule has 1 aromatic carbocycles. The number of sulfonamides is 1. The molecule has 15 heteroatoms. The maximum atomic E-state index is 13.6. The fourth-order valence-electron chi connectivity index (χ4n) is 5.31.